The highest BCUT2D eigenvalue weighted by Gasteiger charge is 2.54. The number of pyridine rings is 2. The summed E-state index contributed by atoms with van der Waals surface area (Å²) in [5.74, 6) is 23.8. The number of nitrogens with one attached hydrogen (secondary N) is 11. The number of imide groups is 5. The number of hydrogen-bond acceptors (Lipinski definition) is 22. The number of urea groups is 5. The van der Waals surface area contributed by atoms with Gasteiger partial charge in [0.25, 0.3) is 59.1 Å². The van der Waals surface area contributed by atoms with Crippen LogP contribution in [-0.4, -0.2) is 225 Å². The first-order valence-electron chi connectivity index (χ1n) is 44.9. The van der Waals surface area contributed by atoms with Crippen molar-refractivity contribution in [3.63, 3.8) is 0 Å². The number of fused-ring (bicyclic) bond motifs is 6. The Morgan fingerprint density at radius 2 is 0.646 bits per heavy atom. The van der Waals surface area contributed by atoms with E-state index in [1.165, 1.54) is 78.2 Å². The Balaban J connectivity index is 0.000000126. The summed E-state index contributed by atoms with van der Waals surface area (Å²) in [5, 5.41) is 24.5. The van der Waals surface area contributed by atoms with Crippen LogP contribution in [0.1, 0.15) is 113 Å². The lowest BCUT2D eigenvalue weighted by atomic mass is 9.98. The largest absolute Gasteiger partial charge is 0.497 e. The second kappa shape index (κ2) is 40.8. The minimum Gasteiger partial charge on any atom is -0.497 e. The first-order chi connectivity index (χ1) is 70.6. The molecule has 13 heterocycles. The molecule has 147 heavy (non-hydrogen) atoms. The molecule has 8 aromatic carbocycles. The highest BCUT2D eigenvalue weighted by atomic mass is 19.1. The maximum Gasteiger partial charge on any atom is 0.323 e. The topological polar surface area (TPSA) is 480 Å². The molecule has 5 saturated heterocycles. The molecular weight excluding hydrogens is 1900 g/mol. The van der Waals surface area contributed by atoms with E-state index in [2.05, 4.69) is 127 Å². The highest BCUT2D eigenvalue weighted by Crippen LogP contribution is 2.36. The van der Waals surface area contributed by atoms with Gasteiger partial charge in [0.2, 0.25) is 27.7 Å². The zero-order valence-corrected chi connectivity index (χ0v) is 78.6. The van der Waals surface area contributed by atoms with Gasteiger partial charge in [-0.2, -0.15) is 0 Å². The van der Waals surface area contributed by atoms with Crippen LogP contribution in [0.25, 0.3) is 10.9 Å². The summed E-state index contributed by atoms with van der Waals surface area (Å²) in [7, 11) is 7.58. The molecule has 20 amide bonds. The molecule has 38 nitrogen and oxygen atoms in total. The highest BCUT2D eigenvalue weighted by molar-refractivity contribution is 6.14. The fourth-order valence-corrected chi connectivity index (χ4v) is 17.3. The van der Waals surface area contributed by atoms with Crippen LogP contribution < -0.4 is 76.9 Å². The summed E-state index contributed by atoms with van der Waals surface area (Å²) in [6.45, 7) is 2.56. The van der Waals surface area contributed by atoms with E-state index >= 15 is 0 Å². The van der Waals surface area contributed by atoms with Gasteiger partial charge < -0.3 is 79.8 Å². The summed E-state index contributed by atoms with van der Waals surface area (Å²) in [6.07, 6.45) is 6.62. The number of hydrogen-bond donors (Lipinski definition) is 11. The Kier molecular flexibility index (Phi) is 27.4. The minimum atomic E-state index is -1.78. The Labute approximate surface area is 834 Å². The summed E-state index contributed by atoms with van der Waals surface area (Å²) < 4.78 is 66.8. The normalized spacial score (nSPS) is 19.9. The van der Waals surface area contributed by atoms with Crippen molar-refractivity contribution in [2.24, 2.45) is 0 Å². The second-order valence-electron chi connectivity index (χ2n) is 34.5. The van der Waals surface area contributed by atoms with Crippen LogP contribution in [0.2, 0.25) is 0 Å². The van der Waals surface area contributed by atoms with Crippen LogP contribution in [-0.2, 0) is 56.7 Å². The van der Waals surface area contributed by atoms with Crippen LogP contribution in [0, 0.1) is 83.6 Å². The molecule has 5 atom stereocenters. The van der Waals surface area contributed by atoms with Gasteiger partial charge >= 0.3 is 30.2 Å². The van der Waals surface area contributed by atoms with Gasteiger partial charge in [0, 0.05) is 119 Å². The van der Waals surface area contributed by atoms with E-state index in [-0.39, 0.29) is 86.5 Å². The van der Waals surface area contributed by atoms with Crippen LogP contribution in [0.5, 0.6) is 28.7 Å². The number of methoxy groups -OCH3 is 5. The van der Waals surface area contributed by atoms with E-state index in [1.807, 2.05) is 48.7 Å². The van der Waals surface area contributed by atoms with Gasteiger partial charge in [0.05, 0.1) is 85.1 Å². The SMILES string of the molecule is COc1ccc2c(c1)C(=O)N(C[C@@]1(C#Cc3ccc(F)cc3F)NC(=O)NC1=O)C2.COc1ccc2c(c1)C(=O)N(C[C@@]1(C#Cc3cccc4[nH]ccc34)NC(=O)NC1=O)C2.COc1ccc2c(c1)C(=O)N(C[C@@]1(C#Cc3ccccc3F)NC(=O)NC1=O)C2.COc1ccc2c(c1)C(=O)N(C[C@@]1(C#Cc3cccnc3)NC(=O)NC1=O)C2.COc1ccc2c(c1)C(=O)N(C[C@@]1(C#Cc3cccnc3C)NC(=O)NC1=O)C2. The fraction of sp³-hybridized carbons (Fsp3) is 0.198. The number of carbonyl (C=O) groups is 15. The fourth-order valence-electron chi connectivity index (χ4n) is 17.3. The molecule has 738 valence electrons. The molecule has 0 unspecified atom stereocenters. The van der Waals surface area contributed by atoms with E-state index in [4.69, 9.17) is 23.7 Å². The lowest BCUT2D eigenvalue weighted by Crippen LogP contribution is -2.54. The van der Waals surface area contributed by atoms with Gasteiger partial charge in [-0.3, -0.25) is 84.5 Å². The Hall–Kier alpha value is -19.8. The number of benzene rings is 8. The summed E-state index contributed by atoms with van der Waals surface area (Å²) >= 11 is 0. The third-order valence-electron chi connectivity index (χ3n) is 25.0. The number of nitrogens with zero attached hydrogens (tertiary/aromatic N) is 7. The van der Waals surface area contributed by atoms with Gasteiger partial charge in [-0.1, -0.05) is 108 Å². The number of aromatic amines is 1. The molecule has 3 aromatic heterocycles. The van der Waals surface area contributed by atoms with Gasteiger partial charge in [-0.15, -0.1) is 0 Å². The quantitative estimate of drug-likeness (QED) is 0.0390. The monoisotopic (exact) mass is 1980 g/mol. The van der Waals surface area contributed by atoms with Gasteiger partial charge in [0.15, 0.2) is 0 Å². The van der Waals surface area contributed by atoms with Crippen LogP contribution in [0.15, 0.2) is 207 Å². The number of aromatic nitrogens is 3. The number of rotatable bonds is 15. The number of carbonyl (C=O) groups excluding carboxylic acids is 15. The average molecular weight is 1990 g/mol. The average Bonchev–Trinajstić information content (AvgIpc) is 1.63. The Morgan fingerprint density at radius 3 is 0.966 bits per heavy atom. The van der Waals surface area contributed by atoms with Crippen LogP contribution in [0.3, 0.4) is 0 Å². The number of halogens is 3. The molecule has 0 spiro atoms. The molecular formula is C106H83F3N18O20. The van der Waals surface area contributed by atoms with Gasteiger partial charge in [-0.05, 0) is 162 Å². The molecule has 0 bridgehead atoms. The van der Waals surface area contributed by atoms with Crippen molar-refractivity contribution in [3.05, 3.63) is 313 Å². The van der Waals surface area contributed by atoms with E-state index in [0.717, 1.165) is 50.9 Å². The molecule has 21 rings (SSSR count). The molecule has 5 fully saturated rings. The van der Waals surface area contributed by atoms with Crippen LogP contribution >= 0.6 is 0 Å². The van der Waals surface area contributed by atoms with E-state index in [1.54, 1.807) is 129 Å². The smallest absolute Gasteiger partial charge is 0.323 e. The van der Waals surface area contributed by atoms with Crippen molar-refractivity contribution in [2.45, 2.75) is 67.3 Å². The third kappa shape index (κ3) is 20.5. The van der Waals surface area contributed by atoms with E-state index < -0.39 is 105 Å². The zero-order valence-electron chi connectivity index (χ0n) is 78.6. The molecule has 0 radical (unpaired) electrons. The lowest BCUT2D eigenvalue weighted by Gasteiger charge is -2.26. The Morgan fingerprint density at radius 1 is 0.327 bits per heavy atom. The minimum absolute atomic E-state index is 0.0729. The lowest BCUT2D eigenvalue weighted by molar-refractivity contribution is -0.123. The van der Waals surface area contributed by atoms with Crippen molar-refractivity contribution < 1.29 is 109 Å². The van der Waals surface area contributed by atoms with Crippen molar-refractivity contribution in [2.75, 3.05) is 68.3 Å². The van der Waals surface area contributed by atoms with Gasteiger partial charge in [-0.25, -0.2) is 37.1 Å². The molecule has 41 heteroatoms. The van der Waals surface area contributed by atoms with Gasteiger partial charge in [0.1, 0.15) is 46.2 Å². The molecule has 0 aliphatic carbocycles. The van der Waals surface area contributed by atoms with Crippen molar-refractivity contribution in [1.29, 1.82) is 0 Å². The Bertz CT molecular complexity index is 7640. The molecule has 10 aliphatic rings. The maximum absolute atomic E-state index is 13.9. The van der Waals surface area contributed by atoms with Crippen molar-refractivity contribution in [3.8, 4) is 88.0 Å². The molecule has 10 aliphatic heterocycles. The first-order valence-corrected chi connectivity index (χ1v) is 44.9. The number of H-pyrrole nitrogens is 1. The van der Waals surface area contributed by atoms with Crippen molar-refractivity contribution in [1.82, 2.24) is 92.6 Å². The predicted molar refractivity (Wildman–Crippen MR) is 514 cm³/mol. The number of amides is 20. The standard InChI is InChI=1S/C23H18N4O4.C21H15F2N3O4.C21H16FN3O4.C21H18N4O4.C20H16N4O4/c1-31-16-6-5-15-12-27(20(28)18(15)11-16)13-23(21(29)25-22(30)26-23)9-7-14-3-2-4-19-17(14)8-10-24-19;1-30-15-5-3-13-10-26(18(27)16(13)9-15)11-21(19(28)24-20(29)25-21)7-6-12-2-4-14(22)8-17(12)23;1-29-15-7-6-14-11-25(18(26)16(14)10-15)12-21(19(27)23-20(28)24-21)9-8-13-4-2-3-5-17(13)22;1-13-14(4-3-9-22-13)7-8-21(19(27)23-20(28)24-21)12-25-11-15-5-6-16(29-2)10-17(15)18(25)26;1-28-15-5-4-14-11-24(17(25)16(14)9-15)12-20(18(26)22-19(27)23-20)7-6-13-3-2-8-21-10-13/h2-6,8,10-11,24H,12-13H2,1H3,(H2,25,26,29,30);2-5,8-9H,10-11H2,1H3,(H2,24,25,28,29);2-7,10H,11-12H2,1H3,(H2,23,24,27,28);3-6,9-10H,11-12H2,1-2H3,(H2,23,24,27,28);2-5,8-10H,11-12H2,1H3,(H2,22,23,26,27)/t23-;3*21-;20-/m11111/s1. The van der Waals surface area contributed by atoms with Crippen LogP contribution in [0.4, 0.5) is 37.1 Å². The van der Waals surface area contributed by atoms with E-state index in [0.29, 0.717) is 105 Å². The summed E-state index contributed by atoms with van der Waals surface area (Å²) in [6, 6.07) is 45.8. The van der Waals surface area contributed by atoms with Crippen molar-refractivity contribution >= 4 is 100 Å². The van der Waals surface area contributed by atoms with E-state index in [9.17, 15) is 85.1 Å². The molecule has 11 N–H and O–H groups in total. The number of aryl methyl sites for hydroxylation is 1. The molecule has 11 aromatic rings. The summed E-state index contributed by atoms with van der Waals surface area (Å²) in [4.78, 5) is 205. The first kappa shape index (κ1) is 98.8. The maximum atomic E-state index is 13.9. The second-order valence-corrected chi connectivity index (χ2v) is 34.5. The third-order valence-corrected chi connectivity index (χ3v) is 25.0. The summed E-state index contributed by atoms with van der Waals surface area (Å²) in [5.41, 5.74) is 1.86. The predicted octanol–water partition coefficient (Wildman–Crippen LogP) is 6.40. The zero-order chi connectivity index (χ0) is 104. The number of ether oxygens (including phenoxy) is 5. The molecule has 0 saturated carbocycles.